The maximum Gasteiger partial charge on any atom is 0.0831 e. The van der Waals surface area contributed by atoms with Gasteiger partial charge in [-0.05, 0) is 115 Å². The molecule has 7 atom stereocenters. The van der Waals surface area contributed by atoms with Gasteiger partial charge in [0.05, 0.1) is 12.7 Å². The minimum Gasteiger partial charge on any atom is -0.382 e. The molecule has 1 N–H and O–H groups in total. The molecule has 1 heterocycles. The first-order valence-electron chi connectivity index (χ1n) is 22.2. The Hall–Kier alpha value is -4.66. The Kier molecular flexibility index (Phi) is 19.3. The van der Waals surface area contributed by atoms with Crippen LogP contribution in [0.25, 0.3) is 5.57 Å². The van der Waals surface area contributed by atoms with Crippen LogP contribution in [0.5, 0.6) is 0 Å². The molecule has 0 radical (unpaired) electrons. The van der Waals surface area contributed by atoms with Crippen molar-refractivity contribution in [3.05, 3.63) is 197 Å². The number of nitrogens with one attached hydrogen (secondary N) is 1. The van der Waals surface area contributed by atoms with Crippen molar-refractivity contribution in [3.8, 4) is 0 Å². The summed E-state index contributed by atoms with van der Waals surface area (Å²) in [7, 11) is 0. The smallest absolute Gasteiger partial charge is 0.0831 e. The first-order valence-corrected chi connectivity index (χ1v) is 22.2. The molecular formula is C56H73NO. The van der Waals surface area contributed by atoms with E-state index >= 15 is 0 Å². The summed E-state index contributed by atoms with van der Waals surface area (Å²) in [4.78, 5) is 0. The van der Waals surface area contributed by atoms with Crippen LogP contribution in [0.15, 0.2) is 186 Å². The van der Waals surface area contributed by atoms with E-state index < -0.39 is 0 Å². The minimum atomic E-state index is 0.113. The molecule has 0 saturated heterocycles. The summed E-state index contributed by atoms with van der Waals surface area (Å²) in [5.41, 5.74) is 12.2. The van der Waals surface area contributed by atoms with E-state index in [9.17, 15) is 0 Å². The monoisotopic (exact) mass is 776 g/mol. The fourth-order valence-electron chi connectivity index (χ4n) is 8.72. The largest absolute Gasteiger partial charge is 0.382 e. The van der Waals surface area contributed by atoms with Crippen LogP contribution in [-0.2, 0) is 4.74 Å². The van der Waals surface area contributed by atoms with Crippen LogP contribution in [0.3, 0.4) is 0 Å². The van der Waals surface area contributed by atoms with Crippen LogP contribution in [0.4, 0.5) is 0 Å². The second kappa shape index (κ2) is 24.3. The molecule has 0 fully saturated rings. The van der Waals surface area contributed by atoms with Gasteiger partial charge in [0, 0.05) is 24.1 Å². The first-order chi connectivity index (χ1) is 28.2. The highest BCUT2D eigenvalue weighted by atomic mass is 16.5. The SMILES string of the molecule is C=C(/C=C\C=C/C)C(C)/C=C(\C=C/CNC1=C/C(C)C2C=CC=CC2OC/C=C\1)C(/C=C\C)=C/C/C(C)=C/C1C2=C(CCC=C2)c2ccccc2C(CC)C1C.CC. The summed E-state index contributed by atoms with van der Waals surface area (Å²) in [5.74, 6) is 2.28. The number of hydrogen-bond donors (Lipinski definition) is 1. The molecule has 0 bridgehead atoms. The van der Waals surface area contributed by atoms with Crippen LogP contribution < -0.4 is 5.32 Å². The van der Waals surface area contributed by atoms with E-state index in [0.29, 0.717) is 36.2 Å². The van der Waals surface area contributed by atoms with Crippen molar-refractivity contribution in [2.24, 2.45) is 29.6 Å². The normalized spacial score (nSPS) is 27.2. The maximum atomic E-state index is 6.17. The quantitative estimate of drug-likeness (QED) is 0.150. The van der Waals surface area contributed by atoms with Gasteiger partial charge < -0.3 is 10.1 Å². The average molecular weight is 776 g/mol. The molecular weight excluding hydrogens is 703 g/mol. The predicted molar refractivity (Wildman–Crippen MR) is 255 cm³/mol. The molecule has 308 valence electrons. The average Bonchev–Trinajstić information content (AvgIpc) is 3.27. The van der Waals surface area contributed by atoms with E-state index in [0.717, 1.165) is 43.5 Å². The molecule has 1 aliphatic heterocycles. The highest BCUT2D eigenvalue weighted by Gasteiger charge is 2.34. The van der Waals surface area contributed by atoms with Crippen molar-refractivity contribution in [3.63, 3.8) is 0 Å². The molecule has 3 aliphatic carbocycles. The molecule has 0 saturated carbocycles. The summed E-state index contributed by atoms with van der Waals surface area (Å²) in [6.07, 6.45) is 49.2. The van der Waals surface area contributed by atoms with Crippen molar-refractivity contribution in [1.29, 1.82) is 0 Å². The Morgan fingerprint density at radius 1 is 0.966 bits per heavy atom. The lowest BCUT2D eigenvalue weighted by molar-refractivity contribution is 0.0674. The molecule has 0 spiro atoms. The molecule has 7 unspecified atom stereocenters. The van der Waals surface area contributed by atoms with E-state index in [1.54, 1.807) is 5.57 Å². The zero-order valence-corrected chi connectivity index (χ0v) is 37.3. The molecule has 2 nitrogen and oxygen atoms in total. The highest BCUT2D eigenvalue weighted by Crippen LogP contribution is 2.48. The van der Waals surface area contributed by atoms with Crippen molar-refractivity contribution < 1.29 is 4.74 Å². The van der Waals surface area contributed by atoms with Crippen LogP contribution in [0, 0.1) is 29.6 Å². The predicted octanol–water partition coefficient (Wildman–Crippen LogP) is 15.0. The van der Waals surface area contributed by atoms with Crippen molar-refractivity contribution in [2.75, 3.05) is 13.2 Å². The van der Waals surface area contributed by atoms with Gasteiger partial charge in [0.1, 0.15) is 0 Å². The Balaban J connectivity index is 0.00000366. The van der Waals surface area contributed by atoms with Gasteiger partial charge in [-0.1, -0.05) is 193 Å². The molecule has 5 rings (SSSR count). The molecule has 1 aromatic carbocycles. The molecule has 58 heavy (non-hydrogen) atoms. The van der Waals surface area contributed by atoms with Crippen LogP contribution >= 0.6 is 0 Å². The second-order valence-electron chi connectivity index (χ2n) is 15.9. The van der Waals surface area contributed by atoms with Gasteiger partial charge >= 0.3 is 0 Å². The Morgan fingerprint density at radius 2 is 1.76 bits per heavy atom. The Morgan fingerprint density at radius 3 is 2.53 bits per heavy atom. The van der Waals surface area contributed by atoms with Crippen molar-refractivity contribution in [1.82, 2.24) is 5.32 Å². The van der Waals surface area contributed by atoms with Gasteiger partial charge in [-0.25, -0.2) is 0 Å². The first kappa shape index (κ1) is 46.0. The lowest BCUT2D eigenvalue weighted by Gasteiger charge is -2.29. The molecule has 2 heteroatoms. The summed E-state index contributed by atoms with van der Waals surface area (Å²) in [6.45, 7) is 25.6. The summed E-state index contributed by atoms with van der Waals surface area (Å²) in [6, 6.07) is 9.22. The fraction of sp³-hybridized carbons (Fsp3) is 0.393. The Labute approximate surface area is 354 Å². The fourth-order valence-corrected chi connectivity index (χ4v) is 8.72. The molecule has 0 amide bonds. The highest BCUT2D eigenvalue weighted by molar-refractivity contribution is 5.76. The van der Waals surface area contributed by atoms with Gasteiger partial charge in [0.15, 0.2) is 0 Å². The minimum absolute atomic E-state index is 0.113. The number of allylic oxidation sites excluding steroid dienone is 22. The zero-order valence-electron chi connectivity index (χ0n) is 37.3. The van der Waals surface area contributed by atoms with Crippen molar-refractivity contribution in [2.45, 2.75) is 100 Å². The lowest BCUT2D eigenvalue weighted by Crippen LogP contribution is -2.27. The maximum absolute atomic E-state index is 6.17. The van der Waals surface area contributed by atoms with E-state index in [4.69, 9.17) is 4.74 Å². The molecule has 4 aliphatic rings. The topological polar surface area (TPSA) is 21.3 Å². The van der Waals surface area contributed by atoms with Gasteiger partial charge in [0.25, 0.3) is 0 Å². The number of hydrogen-bond acceptors (Lipinski definition) is 2. The third kappa shape index (κ3) is 12.7. The number of fused-ring (bicyclic) bond motifs is 3. The summed E-state index contributed by atoms with van der Waals surface area (Å²) < 4.78 is 6.17. The van der Waals surface area contributed by atoms with E-state index in [1.807, 2.05) is 26.8 Å². The van der Waals surface area contributed by atoms with E-state index in [2.05, 4.69) is 193 Å². The van der Waals surface area contributed by atoms with Gasteiger partial charge in [-0.3, -0.25) is 0 Å². The number of benzene rings is 1. The molecule has 0 aromatic heterocycles. The number of rotatable bonds is 14. The van der Waals surface area contributed by atoms with E-state index in [1.165, 1.54) is 33.4 Å². The Bertz CT molecular complexity index is 1920. The van der Waals surface area contributed by atoms with Crippen LogP contribution in [0.2, 0.25) is 0 Å². The van der Waals surface area contributed by atoms with E-state index in [-0.39, 0.29) is 12.0 Å². The third-order valence-corrected chi connectivity index (χ3v) is 11.9. The number of ether oxygens (including phenoxy) is 1. The van der Waals surface area contributed by atoms with Gasteiger partial charge in [-0.2, -0.15) is 0 Å². The lowest BCUT2D eigenvalue weighted by atomic mass is 9.75. The van der Waals surface area contributed by atoms with Crippen molar-refractivity contribution >= 4 is 5.57 Å². The molecule has 1 aromatic rings. The van der Waals surface area contributed by atoms with Gasteiger partial charge in [-0.15, -0.1) is 0 Å². The summed E-state index contributed by atoms with van der Waals surface area (Å²) >= 11 is 0. The zero-order chi connectivity index (χ0) is 41.9. The van der Waals surface area contributed by atoms with Gasteiger partial charge in [0.2, 0.25) is 0 Å². The standard InChI is InChI=1S/C54H67NO.C2H6/c1-9-12-13-23-40(5)41(6)37-45(24-20-34-55-46-25-21-35-56-54-31-19-18-26-48(54)42(7)38-46)44(22-10-2)33-32-39(4)36-53-43(8)47(11-3)49-27-14-15-28-50(49)51-29-16-17-30-52(51)53;1-2/h9-10,12-15,17-28,30-31,33,36-38,41-43,47-48,53-55H,5,11,16,29,32,34-35H2,1-4,6-8H3;1-2H3/b12-9-,22-10-,23-13-,24-20-,25-21-,39-36+,44-33+,45-37+,46-38+;. The third-order valence-electron chi connectivity index (χ3n) is 11.9. The van der Waals surface area contributed by atoms with Crippen LogP contribution in [0.1, 0.15) is 105 Å². The summed E-state index contributed by atoms with van der Waals surface area (Å²) in [5, 5.41) is 3.69. The second-order valence-corrected chi connectivity index (χ2v) is 15.9. The van der Waals surface area contributed by atoms with Crippen LogP contribution in [-0.4, -0.2) is 19.3 Å².